The minimum Gasteiger partial charge on any atom is -0.257 e. The summed E-state index contributed by atoms with van der Waals surface area (Å²) < 4.78 is 0. The predicted octanol–water partition coefficient (Wildman–Crippen LogP) is 5.35. The quantitative estimate of drug-likeness (QED) is 0.636. The second-order valence-corrected chi connectivity index (χ2v) is 6.23. The van der Waals surface area contributed by atoms with Crippen LogP contribution in [0.2, 0.25) is 0 Å². The molecule has 1 unspecified atom stereocenters. The van der Waals surface area contributed by atoms with Crippen molar-refractivity contribution in [2.24, 2.45) is 5.10 Å². The number of aryl methyl sites for hydroxylation is 1. The molecule has 4 rings (SSSR count). The molecule has 0 radical (unpaired) electrons. The fourth-order valence-electron chi connectivity index (χ4n) is 3.26. The molecule has 1 heterocycles. The van der Waals surface area contributed by atoms with Gasteiger partial charge in [-0.25, -0.2) is 0 Å². The first kappa shape index (κ1) is 14.7. The van der Waals surface area contributed by atoms with Crippen molar-refractivity contribution in [3.63, 3.8) is 0 Å². The van der Waals surface area contributed by atoms with Gasteiger partial charge in [0.05, 0.1) is 17.4 Å². The third-order valence-electron chi connectivity index (χ3n) is 4.47. The van der Waals surface area contributed by atoms with Crippen LogP contribution < -0.4 is 5.01 Å². The Morgan fingerprint density at radius 1 is 0.833 bits per heavy atom. The number of rotatable bonds is 3. The molecule has 0 amide bonds. The summed E-state index contributed by atoms with van der Waals surface area (Å²) in [5.74, 6) is 0. The number of benzene rings is 3. The van der Waals surface area contributed by atoms with Gasteiger partial charge in [-0.2, -0.15) is 5.10 Å². The zero-order valence-electron chi connectivity index (χ0n) is 13.8. The molecule has 0 bridgehead atoms. The lowest BCUT2D eigenvalue weighted by Gasteiger charge is -2.24. The number of hydrazone groups is 1. The highest BCUT2D eigenvalue weighted by Crippen LogP contribution is 2.36. The van der Waals surface area contributed by atoms with Crippen molar-refractivity contribution in [2.75, 3.05) is 5.01 Å². The molecule has 2 nitrogen and oxygen atoms in total. The maximum Gasteiger partial charge on any atom is 0.0831 e. The van der Waals surface area contributed by atoms with Crippen LogP contribution in [0.15, 0.2) is 90.0 Å². The minimum atomic E-state index is 0.239. The van der Waals surface area contributed by atoms with Crippen LogP contribution >= 0.6 is 0 Å². The third-order valence-corrected chi connectivity index (χ3v) is 4.47. The summed E-state index contributed by atoms with van der Waals surface area (Å²) in [6, 6.07) is 29.9. The molecule has 0 N–H and O–H groups in total. The maximum atomic E-state index is 4.98. The second kappa shape index (κ2) is 6.32. The zero-order chi connectivity index (χ0) is 16.4. The Kier molecular flexibility index (Phi) is 3.87. The lowest BCUT2D eigenvalue weighted by molar-refractivity contribution is 0.708. The van der Waals surface area contributed by atoms with Crippen molar-refractivity contribution in [3.8, 4) is 0 Å². The van der Waals surface area contributed by atoms with Crippen LogP contribution in [0.4, 0.5) is 5.69 Å². The molecule has 1 aliphatic heterocycles. The van der Waals surface area contributed by atoms with Crippen molar-refractivity contribution in [3.05, 3.63) is 102 Å². The Bertz CT molecular complexity index is 853. The van der Waals surface area contributed by atoms with Crippen molar-refractivity contribution in [1.82, 2.24) is 0 Å². The van der Waals surface area contributed by atoms with Crippen LogP contribution in [0.1, 0.15) is 29.2 Å². The highest BCUT2D eigenvalue weighted by molar-refractivity contribution is 6.03. The lowest BCUT2D eigenvalue weighted by Crippen LogP contribution is -2.18. The van der Waals surface area contributed by atoms with Gasteiger partial charge in [-0.05, 0) is 35.7 Å². The normalized spacial score (nSPS) is 17.0. The summed E-state index contributed by atoms with van der Waals surface area (Å²) in [5.41, 5.74) is 6.05. The first-order valence-corrected chi connectivity index (χ1v) is 8.35. The molecular formula is C22H20N2. The van der Waals surface area contributed by atoms with Crippen molar-refractivity contribution < 1.29 is 0 Å². The van der Waals surface area contributed by atoms with E-state index < -0.39 is 0 Å². The van der Waals surface area contributed by atoms with Crippen LogP contribution in [-0.4, -0.2) is 5.71 Å². The van der Waals surface area contributed by atoms with E-state index in [4.69, 9.17) is 5.10 Å². The van der Waals surface area contributed by atoms with Gasteiger partial charge in [0.25, 0.3) is 0 Å². The number of hydrogen-bond acceptors (Lipinski definition) is 2. The van der Waals surface area contributed by atoms with E-state index in [9.17, 15) is 0 Å². The molecule has 0 spiro atoms. The summed E-state index contributed by atoms with van der Waals surface area (Å²) in [6.07, 6.45) is 0.919. The van der Waals surface area contributed by atoms with Crippen LogP contribution in [0.25, 0.3) is 0 Å². The first-order valence-electron chi connectivity index (χ1n) is 8.35. The summed E-state index contributed by atoms with van der Waals surface area (Å²) in [6.45, 7) is 2.12. The third kappa shape index (κ3) is 2.83. The van der Waals surface area contributed by atoms with Crippen LogP contribution in [0.5, 0.6) is 0 Å². The molecule has 1 atom stereocenters. The largest absolute Gasteiger partial charge is 0.257 e. The van der Waals surface area contributed by atoms with E-state index in [1.54, 1.807) is 0 Å². The van der Waals surface area contributed by atoms with Gasteiger partial charge in [0.15, 0.2) is 0 Å². The topological polar surface area (TPSA) is 15.6 Å². The Morgan fingerprint density at radius 3 is 2.25 bits per heavy atom. The van der Waals surface area contributed by atoms with Gasteiger partial charge < -0.3 is 0 Å². The van der Waals surface area contributed by atoms with Crippen LogP contribution in [-0.2, 0) is 0 Å². The Hall–Kier alpha value is -2.87. The SMILES string of the molecule is Cc1cccc(N2N=C(c3ccccc3)CC2c2ccccc2)c1. The molecule has 1 aliphatic rings. The van der Waals surface area contributed by atoms with E-state index in [0.29, 0.717) is 0 Å². The Labute approximate surface area is 143 Å². The van der Waals surface area contributed by atoms with Gasteiger partial charge in [0.2, 0.25) is 0 Å². The smallest absolute Gasteiger partial charge is 0.0831 e. The van der Waals surface area contributed by atoms with Gasteiger partial charge in [-0.1, -0.05) is 72.8 Å². The molecule has 0 saturated carbocycles. The van der Waals surface area contributed by atoms with E-state index in [-0.39, 0.29) is 6.04 Å². The van der Waals surface area contributed by atoms with Gasteiger partial charge in [0, 0.05) is 6.42 Å². The summed E-state index contributed by atoms with van der Waals surface area (Å²) >= 11 is 0. The molecule has 0 fully saturated rings. The molecule has 3 aromatic carbocycles. The highest BCUT2D eigenvalue weighted by Gasteiger charge is 2.29. The lowest BCUT2D eigenvalue weighted by atomic mass is 9.98. The minimum absolute atomic E-state index is 0.239. The van der Waals surface area contributed by atoms with E-state index in [0.717, 1.165) is 17.8 Å². The van der Waals surface area contributed by atoms with Gasteiger partial charge >= 0.3 is 0 Å². The van der Waals surface area contributed by atoms with Crippen molar-refractivity contribution in [1.29, 1.82) is 0 Å². The summed E-state index contributed by atoms with van der Waals surface area (Å²) in [5, 5.41) is 7.15. The van der Waals surface area contributed by atoms with E-state index in [2.05, 4.69) is 90.8 Å². The molecular weight excluding hydrogens is 292 g/mol. The van der Waals surface area contributed by atoms with Crippen LogP contribution in [0.3, 0.4) is 0 Å². The van der Waals surface area contributed by atoms with Gasteiger partial charge in [-0.15, -0.1) is 0 Å². The van der Waals surface area contributed by atoms with Gasteiger partial charge in [-0.3, -0.25) is 5.01 Å². The van der Waals surface area contributed by atoms with E-state index >= 15 is 0 Å². The molecule has 3 aromatic rings. The summed E-state index contributed by atoms with van der Waals surface area (Å²) in [4.78, 5) is 0. The predicted molar refractivity (Wildman–Crippen MR) is 100 cm³/mol. The standard InChI is InChI=1S/C22H20N2/c1-17-9-8-14-20(15-17)24-22(19-12-6-3-7-13-19)16-21(23-24)18-10-4-2-5-11-18/h2-15,22H,16H2,1H3. The average molecular weight is 312 g/mol. The monoisotopic (exact) mass is 312 g/mol. The molecule has 118 valence electrons. The Balaban J connectivity index is 1.77. The second-order valence-electron chi connectivity index (χ2n) is 6.23. The molecule has 24 heavy (non-hydrogen) atoms. The van der Waals surface area contributed by atoms with Crippen LogP contribution in [0, 0.1) is 6.92 Å². The molecule has 0 aromatic heterocycles. The summed E-state index contributed by atoms with van der Waals surface area (Å²) in [7, 11) is 0. The zero-order valence-corrected chi connectivity index (χ0v) is 13.8. The number of nitrogens with zero attached hydrogens (tertiary/aromatic N) is 2. The molecule has 0 aliphatic carbocycles. The average Bonchev–Trinajstić information content (AvgIpc) is 3.09. The number of anilines is 1. The Morgan fingerprint density at radius 2 is 1.54 bits per heavy atom. The van der Waals surface area contributed by atoms with Gasteiger partial charge in [0.1, 0.15) is 0 Å². The fourth-order valence-corrected chi connectivity index (χ4v) is 3.26. The highest BCUT2D eigenvalue weighted by atomic mass is 15.5. The fraction of sp³-hybridized carbons (Fsp3) is 0.136. The van der Waals surface area contributed by atoms with Crippen molar-refractivity contribution in [2.45, 2.75) is 19.4 Å². The number of hydrogen-bond donors (Lipinski definition) is 0. The van der Waals surface area contributed by atoms with E-state index in [1.165, 1.54) is 16.7 Å². The first-order chi connectivity index (χ1) is 11.8. The van der Waals surface area contributed by atoms with Crippen molar-refractivity contribution >= 4 is 11.4 Å². The maximum absolute atomic E-state index is 4.98. The van der Waals surface area contributed by atoms with E-state index in [1.807, 2.05) is 6.07 Å². The molecule has 2 heteroatoms. The molecule has 0 saturated heterocycles.